The molecule has 0 aliphatic heterocycles. The fourth-order valence-electron chi connectivity index (χ4n) is 1.69. The zero-order valence-electron chi connectivity index (χ0n) is 10.5. The molecular formula is C12H25NO2. The van der Waals surface area contributed by atoms with Gasteiger partial charge in [-0.15, -0.1) is 0 Å². The summed E-state index contributed by atoms with van der Waals surface area (Å²) in [6.07, 6.45) is 2.71. The van der Waals surface area contributed by atoms with Crippen molar-refractivity contribution in [2.75, 3.05) is 6.54 Å². The van der Waals surface area contributed by atoms with Crippen LogP contribution in [0, 0.1) is 11.8 Å². The van der Waals surface area contributed by atoms with E-state index in [-0.39, 0.29) is 18.0 Å². The lowest BCUT2D eigenvalue weighted by Crippen LogP contribution is -2.28. The summed E-state index contributed by atoms with van der Waals surface area (Å²) in [6.45, 7) is 8.62. The highest BCUT2D eigenvalue weighted by Gasteiger charge is 2.19. The van der Waals surface area contributed by atoms with Gasteiger partial charge in [-0.05, 0) is 25.7 Å². The number of rotatable bonds is 7. The summed E-state index contributed by atoms with van der Waals surface area (Å²) in [4.78, 5) is 11.7. The van der Waals surface area contributed by atoms with Gasteiger partial charge in [0.2, 0.25) is 0 Å². The van der Waals surface area contributed by atoms with Crippen molar-refractivity contribution in [3.63, 3.8) is 0 Å². The molecule has 0 radical (unpaired) electrons. The van der Waals surface area contributed by atoms with E-state index in [1.807, 2.05) is 13.8 Å². The van der Waals surface area contributed by atoms with Crippen LogP contribution in [0.25, 0.3) is 0 Å². The standard InChI is InChI=1S/C12H25NO2/c1-5-6-11(8-13)12(14)15-10(4)7-9(2)3/h9-11H,5-8,13H2,1-4H3. The molecule has 0 heterocycles. The topological polar surface area (TPSA) is 52.3 Å². The minimum atomic E-state index is -0.132. The summed E-state index contributed by atoms with van der Waals surface area (Å²) in [6, 6.07) is 0. The van der Waals surface area contributed by atoms with E-state index >= 15 is 0 Å². The average Bonchev–Trinajstić information content (AvgIpc) is 2.12. The summed E-state index contributed by atoms with van der Waals surface area (Å²) in [7, 11) is 0. The second-order valence-corrected chi connectivity index (χ2v) is 4.60. The van der Waals surface area contributed by atoms with Crippen LogP contribution < -0.4 is 5.73 Å². The van der Waals surface area contributed by atoms with E-state index in [9.17, 15) is 4.79 Å². The quantitative estimate of drug-likeness (QED) is 0.663. The van der Waals surface area contributed by atoms with Gasteiger partial charge in [0.1, 0.15) is 0 Å². The average molecular weight is 215 g/mol. The minimum Gasteiger partial charge on any atom is -0.462 e. The molecule has 0 aliphatic carbocycles. The third-order valence-electron chi connectivity index (χ3n) is 2.38. The Morgan fingerprint density at radius 1 is 1.33 bits per heavy atom. The smallest absolute Gasteiger partial charge is 0.310 e. The van der Waals surface area contributed by atoms with Crippen molar-refractivity contribution < 1.29 is 9.53 Å². The number of carbonyl (C=O) groups excluding carboxylic acids is 1. The van der Waals surface area contributed by atoms with Gasteiger partial charge in [0, 0.05) is 6.54 Å². The Morgan fingerprint density at radius 3 is 2.33 bits per heavy atom. The van der Waals surface area contributed by atoms with E-state index in [1.165, 1.54) is 0 Å². The minimum absolute atomic E-state index is 0.00315. The highest BCUT2D eigenvalue weighted by Crippen LogP contribution is 2.12. The summed E-state index contributed by atoms with van der Waals surface area (Å²) in [5, 5.41) is 0. The molecule has 2 atom stereocenters. The van der Waals surface area contributed by atoms with Gasteiger partial charge in [-0.3, -0.25) is 4.79 Å². The van der Waals surface area contributed by atoms with Gasteiger partial charge >= 0.3 is 5.97 Å². The third-order valence-corrected chi connectivity index (χ3v) is 2.38. The summed E-state index contributed by atoms with van der Waals surface area (Å²) >= 11 is 0. The third kappa shape index (κ3) is 6.50. The zero-order valence-corrected chi connectivity index (χ0v) is 10.5. The molecule has 0 bridgehead atoms. The van der Waals surface area contributed by atoms with Crippen LogP contribution in [0.4, 0.5) is 0 Å². The molecule has 0 saturated carbocycles. The maximum atomic E-state index is 11.7. The Kier molecular flexibility index (Phi) is 7.39. The Balaban J connectivity index is 3.98. The first-order chi connectivity index (χ1) is 7.01. The molecular weight excluding hydrogens is 190 g/mol. The van der Waals surface area contributed by atoms with Crippen LogP contribution in [-0.2, 0) is 9.53 Å². The van der Waals surface area contributed by atoms with Crippen molar-refractivity contribution in [2.45, 2.75) is 53.1 Å². The van der Waals surface area contributed by atoms with Gasteiger partial charge in [-0.2, -0.15) is 0 Å². The molecule has 3 heteroatoms. The number of hydrogen-bond donors (Lipinski definition) is 1. The predicted molar refractivity (Wildman–Crippen MR) is 62.5 cm³/mol. The number of hydrogen-bond acceptors (Lipinski definition) is 3. The molecule has 0 amide bonds. The second kappa shape index (κ2) is 7.69. The molecule has 2 unspecified atom stereocenters. The van der Waals surface area contributed by atoms with Gasteiger partial charge in [-0.25, -0.2) is 0 Å². The largest absolute Gasteiger partial charge is 0.462 e. The number of esters is 1. The van der Waals surface area contributed by atoms with Crippen LogP contribution in [0.15, 0.2) is 0 Å². The van der Waals surface area contributed by atoms with E-state index in [0.29, 0.717) is 12.5 Å². The van der Waals surface area contributed by atoms with Gasteiger partial charge in [0.15, 0.2) is 0 Å². The summed E-state index contributed by atoms with van der Waals surface area (Å²) in [5.41, 5.74) is 5.54. The van der Waals surface area contributed by atoms with Crippen molar-refractivity contribution in [3.05, 3.63) is 0 Å². The first-order valence-corrected chi connectivity index (χ1v) is 5.91. The van der Waals surface area contributed by atoms with Crippen molar-refractivity contribution >= 4 is 5.97 Å². The zero-order chi connectivity index (χ0) is 11.8. The lowest BCUT2D eigenvalue weighted by atomic mass is 10.0. The highest BCUT2D eigenvalue weighted by atomic mass is 16.5. The molecule has 2 N–H and O–H groups in total. The van der Waals surface area contributed by atoms with E-state index in [0.717, 1.165) is 19.3 Å². The molecule has 0 aromatic rings. The first kappa shape index (κ1) is 14.4. The number of carbonyl (C=O) groups is 1. The highest BCUT2D eigenvalue weighted by molar-refractivity contribution is 5.72. The van der Waals surface area contributed by atoms with E-state index in [1.54, 1.807) is 0 Å². The second-order valence-electron chi connectivity index (χ2n) is 4.60. The lowest BCUT2D eigenvalue weighted by molar-refractivity contribution is -0.153. The van der Waals surface area contributed by atoms with Gasteiger partial charge in [-0.1, -0.05) is 27.2 Å². The molecule has 0 aromatic carbocycles. The van der Waals surface area contributed by atoms with Crippen LogP contribution in [0.5, 0.6) is 0 Å². The Labute approximate surface area is 93.4 Å². The molecule has 0 aliphatic rings. The van der Waals surface area contributed by atoms with E-state index in [4.69, 9.17) is 10.5 Å². The molecule has 0 aromatic heterocycles. The van der Waals surface area contributed by atoms with Crippen molar-refractivity contribution in [2.24, 2.45) is 17.6 Å². The Morgan fingerprint density at radius 2 is 1.93 bits per heavy atom. The predicted octanol–water partition coefficient (Wildman–Crippen LogP) is 2.34. The van der Waals surface area contributed by atoms with Crippen LogP contribution in [0.2, 0.25) is 0 Å². The van der Waals surface area contributed by atoms with Crippen molar-refractivity contribution in [1.82, 2.24) is 0 Å². The number of ether oxygens (including phenoxy) is 1. The monoisotopic (exact) mass is 215 g/mol. The molecule has 15 heavy (non-hydrogen) atoms. The summed E-state index contributed by atoms with van der Waals surface area (Å²) in [5.74, 6) is 0.299. The van der Waals surface area contributed by atoms with Gasteiger partial charge < -0.3 is 10.5 Å². The van der Waals surface area contributed by atoms with E-state index in [2.05, 4.69) is 13.8 Å². The lowest BCUT2D eigenvalue weighted by Gasteiger charge is -2.19. The van der Waals surface area contributed by atoms with Gasteiger partial charge in [0.05, 0.1) is 12.0 Å². The van der Waals surface area contributed by atoms with Crippen molar-refractivity contribution in [1.29, 1.82) is 0 Å². The van der Waals surface area contributed by atoms with Gasteiger partial charge in [0.25, 0.3) is 0 Å². The van der Waals surface area contributed by atoms with Crippen LogP contribution in [0.3, 0.4) is 0 Å². The molecule has 0 saturated heterocycles. The maximum absolute atomic E-state index is 11.7. The van der Waals surface area contributed by atoms with Crippen LogP contribution in [-0.4, -0.2) is 18.6 Å². The molecule has 90 valence electrons. The Hall–Kier alpha value is -0.570. The molecule has 3 nitrogen and oxygen atoms in total. The molecule has 0 rings (SSSR count). The van der Waals surface area contributed by atoms with Crippen LogP contribution in [0.1, 0.15) is 47.0 Å². The SMILES string of the molecule is CCCC(CN)C(=O)OC(C)CC(C)C. The fourth-order valence-corrected chi connectivity index (χ4v) is 1.69. The normalized spacial score (nSPS) is 15.1. The summed E-state index contributed by atoms with van der Waals surface area (Å²) < 4.78 is 5.35. The fraction of sp³-hybridized carbons (Fsp3) is 0.917. The van der Waals surface area contributed by atoms with Crippen molar-refractivity contribution in [3.8, 4) is 0 Å². The molecule has 0 fully saturated rings. The molecule has 0 spiro atoms. The number of nitrogens with two attached hydrogens (primary N) is 1. The Bertz CT molecular complexity index is 180. The van der Waals surface area contributed by atoms with Crippen LogP contribution >= 0.6 is 0 Å². The first-order valence-electron chi connectivity index (χ1n) is 5.91. The van der Waals surface area contributed by atoms with E-state index < -0.39 is 0 Å². The maximum Gasteiger partial charge on any atom is 0.310 e.